The number of aryl methyl sites for hydroxylation is 2. The maximum Gasteiger partial charge on any atom is 0.335 e. The number of hydrogen-bond donors (Lipinski definition) is 1. The molecule has 4 aromatic rings. The summed E-state index contributed by atoms with van der Waals surface area (Å²) in [5.41, 5.74) is 5.53. The molecule has 1 heterocycles. The Balaban J connectivity index is 1.69. The molecule has 0 atom stereocenters. The summed E-state index contributed by atoms with van der Waals surface area (Å²) in [4.78, 5) is 22.2. The van der Waals surface area contributed by atoms with E-state index in [1.54, 1.807) is 41.2 Å². The minimum absolute atomic E-state index is 0.132. The molecule has 0 bridgehead atoms. The molecule has 0 aliphatic carbocycles. The number of nitro groups is 1. The van der Waals surface area contributed by atoms with E-state index in [1.807, 2.05) is 38.1 Å². The van der Waals surface area contributed by atoms with E-state index in [0.29, 0.717) is 12.0 Å². The monoisotopic (exact) mass is 401 g/mol. The van der Waals surface area contributed by atoms with Gasteiger partial charge in [-0.3, -0.25) is 10.1 Å². The van der Waals surface area contributed by atoms with Crippen LogP contribution in [-0.4, -0.2) is 25.8 Å². The van der Waals surface area contributed by atoms with Crippen molar-refractivity contribution in [3.05, 3.63) is 98.7 Å². The van der Waals surface area contributed by atoms with Gasteiger partial charge >= 0.3 is 5.97 Å². The molecule has 7 heteroatoms. The van der Waals surface area contributed by atoms with E-state index < -0.39 is 5.97 Å². The van der Waals surface area contributed by atoms with Gasteiger partial charge in [0, 0.05) is 23.4 Å². The number of aromatic nitrogens is 2. The van der Waals surface area contributed by atoms with Crippen LogP contribution in [0.25, 0.3) is 16.6 Å². The van der Waals surface area contributed by atoms with Crippen LogP contribution in [0.15, 0.2) is 60.8 Å². The molecule has 0 spiro atoms. The molecule has 3 aromatic carbocycles. The second kappa shape index (κ2) is 7.44. The lowest BCUT2D eigenvalue weighted by Crippen LogP contribution is -2.00. The molecule has 0 radical (unpaired) electrons. The van der Waals surface area contributed by atoms with Crippen molar-refractivity contribution in [3.8, 4) is 5.69 Å². The summed E-state index contributed by atoms with van der Waals surface area (Å²) >= 11 is 0. The molecule has 30 heavy (non-hydrogen) atoms. The molecule has 0 saturated carbocycles. The minimum atomic E-state index is -0.975. The largest absolute Gasteiger partial charge is 0.478 e. The van der Waals surface area contributed by atoms with Crippen LogP contribution in [0.5, 0.6) is 0 Å². The van der Waals surface area contributed by atoms with Crippen molar-refractivity contribution in [3.63, 3.8) is 0 Å². The van der Waals surface area contributed by atoms with Gasteiger partial charge in [0.05, 0.1) is 27.9 Å². The summed E-state index contributed by atoms with van der Waals surface area (Å²) in [5, 5.41) is 25.8. The molecule has 0 aliphatic heterocycles. The molecule has 4 rings (SSSR count). The van der Waals surface area contributed by atoms with Crippen LogP contribution in [0, 0.1) is 24.0 Å². The minimum Gasteiger partial charge on any atom is -0.478 e. The third-order valence-electron chi connectivity index (χ3n) is 5.28. The second-order valence-corrected chi connectivity index (χ2v) is 7.30. The number of carboxylic acids is 1. The fourth-order valence-electron chi connectivity index (χ4n) is 3.54. The third-order valence-corrected chi connectivity index (χ3v) is 5.28. The fourth-order valence-corrected chi connectivity index (χ4v) is 3.54. The van der Waals surface area contributed by atoms with E-state index in [4.69, 9.17) is 5.11 Å². The van der Waals surface area contributed by atoms with Gasteiger partial charge in [0.15, 0.2) is 0 Å². The molecule has 0 aliphatic rings. The van der Waals surface area contributed by atoms with Crippen LogP contribution in [0.2, 0.25) is 0 Å². The van der Waals surface area contributed by atoms with Crippen molar-refractivity contribution < 1.29 is 14.8 Å². The zero-order valence-electron chi connectivity index (χ0n) is 16.5. The predicted molar refractivity (Wildman–Crippen MR) is 113 cm³/mol. The van der Waals surface area contributed by atoms with Gasteiger partial charge in [0.25, 0.3) is 5.69 Å². The number of fused-ring (bicyclic) bond motifs is 1. The third kappa shape index (κ3) is 3.53. The van der Waals surface area contributed by atoms with E-state index in [9.17, 15) is 14.9 Å². The van der Waals surface area contributed by atoms with Gasteiger partial charge in [0.1, 0.15) is 0 Å². The van der Waals surface area contributed by atoms with E-state index in [-0.39, 0.29) is 16.2 Å². The normalized spacial score (nSPS) is 11.0. The van der Waals surface area contributed by atoms with Crippen molar-refractivity contribution in [1.82, 2.24) is 9.78 Å². The average Bonchev–Trinajstić information content (AvgIpc) is 3.13. The topological polar surface area (TPSA) is 98.3 Å². The maximum absolute atomic E-state index is 11.5. The van der Waals surface area contributed by atoms with Gasteiger partial charge in [-0.15, -0.1) is 0 Å². The molecule has 1 N–H and O–H groups in total. The Morgan fingerprint density at radius 3 is 2.43 bits per heavy atom. The SMILES string of the molecule is Cc1cc(Cc2ccc3c(cnn3-c3ccc(C(=O)O)cc3)c2)c([N+](=O)[O-])cc1C. The molecular weight excluding hydrogens is 382 g/mol. The summed E-state index contributed by atoms with van der Waals surface area (Å²) in [6.45, 7) is 3.82. The summed E-state index contributed by atoms with van der Waals surface area (Å²) in [6.07, 6.45) is 2.19. The summed E-state index contributed by atoms with van der Waals surface area (Å²) < 4.78 is 1.74. The molecule has 0 amide bonds. The molecule has 0 unspecified atom stereocenters. The molecular formula is C23H19N3O4. The number of rotatable bonds is 5. The summed E-state index contributed by atoms with van der Waals surface area (Å²) in [6, 6.07) is 15.8. The predicted octanol–water partition coefficient (Wildman–Crippen LogP) is 4.84. The molecule has 1 aromatic heterocycles. The first-order valence-corrected chi connectivity index (χ1v) is 9.38. The van der Waals surface area contributed by atoms with E-state index in [2.05, 4.69) is 5.10 Å². The number of carboxylic acid groups (broad SMARTS) is 1. The van der Waals surface area contributed by atoms with Crippen LogP contribution < -0.4 is 0 Å². The molecule has 0 saturated heterocycles. The van der Waals surface area contributed by atoms with Gasteiger partial charge in [-0.25, -0.2) is 9.48 Å². The number of aromatic carboxylic acids is 1. The Hall–Kier alpha value is -4.00. The maximum atomic E-state index is 11.5. The Morgan fingerprint density at radius 1 is 1.07 bits per heavy atom. The van der Waals surface area contributed by atoms with Gasteiger partial charge in [0.2, 0.25) is 0 Å². The molecule has 7 nitrogen and oxygen atoms in total. The highest BCUT2D eigenvalue weighted by Gasteiger charge is 2.16. The first-order valence-electron chi connectivity index (χ1n) is 9.38. The van der Waals surface area contributed by atoms with Crippen LogP contribution in [-0.2, 0) is 6.42 Å². The second-order valence-electron chi connectivity index (χ2n) is 7.30. The zero-order valence-corrected chi connectivity index (χ0v) is 16.5. The van der Waals surface area contributed by atoms with Crippen molar-refractivity contribution in [2.24, 2.45) is 0 Å². The summed E-state index contributed by atoms with van der Waals surface area (Å²) in [5.74, 6) is -0.975. The van der Waals surface area contributed by atoms with Gasteiger partial charge in [-0.2, -0.15) is 5.10 Å². The summed E-state index contributed by atoms with van der Waals surface area (Å²) in [7, 11) is 0. The lowest BCUT2D eigenvalue weighted by molar-refractivity contribution is -0.385. The quantitative estimate of drug-likeness (QED) is 0.381. The number of nitrogens with zero attached hydrogens (tertiary/aromatic N) is 3. The smallest absolute Gasteiger partial charge is 0.335 e. The van der Waals surface area contributed by atoms with Gasteiger partial charge in [-0.05, 0) is 73.0 Å². The Morgan fingerprint density at radius 2 is 1.77 bits per heavy atom. The van der Waals surface area contributed by atoms with Crippen LogP contribution in [0.1, 0.15) is 32.6 Å². The lowest BCUT2D eigenvalue weighted by Gasteiger charge is -2.08. The van der Waals surface area contributed by atoms with Gasteiger partial charge in [-0.1, -0.05) is 6.07 Å². The number of hydrogen-bond acceptors (Lipinski definition) is 4. The van der Waals surface area contributed by atoms with Crippen LogP contribution in [0.4, 0.5) is 5.69 Å². The highest BCUT2D eigenvalue weighted by atomic mass is 16.6. The molecule has 150 valence electrons. The van der Waals surface area contributed by atoms with Crippen molar-refractivity contribution in [2.45, 2.75) is 20.3 Å². The lowest BCUT2D eigenvalue weighted by atomic mass is 9.98. The first-order chi connectivity index (χ1) is 14.3. The number of benzene rings is 3. The van der Waals surface area contributed by atoms with Crippen molar-refractivity contribution in [1.29, 1.82) is 0 Å². The van der Waals surface area contributed by atoms with Crippen LogP contribution in [0.3, 0.4) is 0 Å². The van der Waals surface area contributed by atoms with Crippen LogP contribution >= 0.6 is 0 Å². The van der Waals surface area contributed by atoms with E-state index in [1.165, 1.54) is 0 Å². The Labute approximate surface area is 172 Å². The van der Waals surface area contributed by atoms with E-state index >= 15 is 0 Å². The van der Waals surface area contributed by atoms with Gasteiger partial charge < -0.3 is 5.11 Å². The number of nitro benzene ring substituents is 1. The van der Waals surface area contributed by atoms with Crippen molar-refractivity contribution >= 4 is 22.6 Å². The average molecular weight is 401 g/mol. The highest BCUT2D eigenvalue weighted by molar-refractivity contribution is 5.88. The first kappa shape index (κ1) is 19.3. The Kier molecular flexibility index (Phi) is 4.79. The highest BCUT2D eigenvalue weighted by Crippen LogP contribution is 2.27. The Bertz CT molecular complexity index is 1290. The molecule has 0 fully saturated rings. The number of carbonyl (C=O) groups is 1. The van der Waals surface area contributed by atoms with Crippen molar-refractivity contribution in [2.75, 3.05) is 0 Å². The zero-order chi connectivity index (χ0) is 21.4. The fraction of sp³-hybridized carbons (Fsp3) is 0.130. The standard InChI is InChI=1S/C23H19N3O4/c1-14-9-18(22(26(29)30)10-15(14)2)11-16-3-8-21-19(12-16)13-24-25(21)20-6-4-17(5-7-20)23(27)28/h3-10,12-13H,11H2,1-2H3,(H,27,28). The van der Waals surface area contributed by atoms with E-state index in [0.717, 1.165) is 33.3 Å².